The fourth-order valence-corrected chi connectivity index (χ4v) is 3.27. The fraction of sp³-hybridized carbons (Fsp3) is 0.714. The molecule has 0 aromatic rings. The van der Waals surface area contributed by atoms with Crippen molar-refractivity contribution in [3.05, 3.63) is 12.7 Å². The summed E-state index contributed by atoms with van der Waals surface area (Å²) in [5, 5.41) is 0. The summed E-state index contributed by atoms with van der Waals surface area (Å²) in [6.45, 7) is 13.3. The maximum atomic E-state index is 11.2. The third-order valence-corrected chi connectivity index (χ3v) is 3.88. The van der Waals surface area contributed by atoms with Gasteiger partial charge in [0.1, 0.15) is 0 Å². The van der Waals surface area contributed by atoms with Gasteiger partial charge in [0.2, 0.25) is 0 Å². The Morgan fingerprint density at radius 2 is 1.80 bits per heavy atom. The van der Waals surface area contributed by atoms with E-state index in [1.54, 1.807) is 0 Å². The van der Waals surface area contributed by atoms with Gasteiger partial charge in [-0.1, -0.05) is 6.08 Å². The second-order valence-electron chi connectivity index (χ2n) is 6.59. The Morgan fingerprint density at radius 3 is 2.20 bits per heavy atom. The normalized spacial score (nSPS) is 22.2. The van der Waals surface area contributed by atoms with Gasteiger partial charge in [-0.05, 0) is 40.5 Å². The highest BCUT2D eigenvalue weighted by molar-refractivity contribution is 6.34. The molecule has 1 saturated heterocycles. The Bertz CT molecular complexity index is 386. The smallest absolute Gasteiger partial charge is 0.323 e. The molecule has 0 bridgehead atoms. The van der Waals surface area contributed by atoms with Crippen molar-refractivity contribution in [1.82, 2.24) is 15.8 Å². The summed E-state index contributed by atoms with van der Waals surface area (Å²) in [4.78, 5) is 24.3. The minimum absolute atomic E-state index is 0.0366. The molecule has 1 rings (SSSR count). The van der Waals surface area contributed by atoms with Gasteiger partial charge in [0, 0.05) is 23.7 Å². The number of carbonyl (C=O) groups excluding carboxylic acids is 2. The number of nitrogens with two attached hydrogens (primary N) is 1. The summed E-state index contributed by atoms with van der Waals surface area (Å²) in [6, 6.07) is 0.0874. The van der Waals surface area contributed by atoms with E-state index < -0.39 is 11.8 Å². The highest BCUT2D eigenvalue weighted by Crippen LogP contribution is 2.37. The van der Waals surface area contributed by atoms with Gasteiger partial charge < -0.3 is 5.73 Å². The molecule has 1 aliphatic rings. The van der Waals surface area contributed by atoms with Crippen LogP contribution in [0, 0.1) is 0 Å². The first kappa shape index (κ1) is 16.7. The van der Waals surface area contributed by atoms with E-state index in [0.29, 0.717) is 0 Å². The Morgan fingerprint density at radius 1 is 1.30 bits per heavy atom. The predicted octanol–water partition coefficient (Wildman–Crippen LogP) is 0.300. The van der Waals surface area contributed by atoms with Crippen LogP contribution < -0.4 is 16.6 Å². The summed E-state index contributed by atoms with van der Waals surface area (Å²) in [7, 11) is 0. The average molecular weight is 282 g/mol. The Balaban J connectivity index is 2.73. The number of carbonyl (C=O) groups is 2. The van der Waals surface area contributed by atoms with E-state index in [0.717, 1.165) is 19.4 Å². The van der Waals surface area contributed by atoms with Crippen molar-refractivity contribution in [3.63, 3.8) is 0 Å². The molecule has 0 unspecified atom stereocenters. The van der Waals surface area contributed by atoms with Crippen LogP contribution in [0.25, 0.3) is 0 Å². The molecule has 0 saturated carbocycles. The van der Waals surface area contributed by atoms with Gasteiger partial charge in [0.25, 0.3) is 0 Å². The van der Waals surface area contributed by atoms with Crippen LogP contribution in [0.2, 0.25) is 0 Å². The van der Waals surface area contributed by atoms with Crippen LogP contribution in [0.5, 0.6) is 0 Å². The number of primary amides is 1. The maximum Gasteiger partial charge on any atom is 0.323 e. The molecule has 0 aromatic heterocycles. The van der Waals surface area contributed by atoms with Gasteiger partial charge in [0.05, 0.1) is 0 Å². The molecule has 0 spiro atoms. The van der Waals surface area contributed by atoms with Crippen LogP contribution in [-0.4, -0.2) is 40.4 Å². The molecule has 1 aliphatic heterocycles. The van der Waals surface area contributed by atoms with Crippen molar-refractivity contribution in [2.45, 2.75) is 57.7 Å². The largest absolute Gasteiger partial charge is 0.361 e. The number of rotatable bonds is 4. The lowest BCUT2D eigenvalue weighted by atomic mass is 9.77. The molecule has 0 atom stereocenters. The Kier molecular flexibility index (Phi) is 4.94. The number of piperidine rings is 1. The van der Waals surface area contributed by atoms with E-state index in [-0.39, 0.29) is 17.1 Å². The van der Waals surface area contributed by atoms with E-state index >= 15 is 0 Å². The topological polar surface area (TPSA) is 87.5 Å². The molecule has 20 heavy (non-hydrogen) atoms. The highest BCUT2D eigenvalue weighted by Gasteiger charge is 2.44. The van der Waals surface area contributed by atoms with Crippen molar-refractivity contribution in [2.75, 3.05) is 6.54 Å². The minimum atomic E-state index is -0.986. The van der Waals surface area contributed by atoms with Gasteiger partial charge in [-0.25, -0.2) is 5.43 Å². The van der Waals surface area contributed by atoms with Gasteiger partial charge in [-0.2, -0.15) is 0 Å². The molecule has 6 nitrogen and oxygen atoms in total. The number of amides is 2. The molecule has 114 valence electrons. The van der Waals surface area contributed by atoms with Crippen LogP contribution in [0.3, 0.4) is 0 Å². The first-order valence-corrected chi connectivity index (χ1v) is 6.84. The lowest BCUT2D eigenvalue weighted by Crippen LogP contribution is -2.65. The zero-order chi connectivity index (χ0) is 15.6. The number of hydrogen-bond donors (Lipinski definition) is 3. The molecule has 1 fully saturated rings. The van der Waals surface area contributed by atoms with Gasteiger partial charge in [-0.15, -0.1) is 6.58 Å². The lowest BCUT2D eigenvalue weighted by molar-refractivity contribution is -0.138. The zero-order valence-electron chi connectivity index (χ0n) is 12.8. The van der Waals surface area contributed by atoms with Crippen molar-refractivity contribution in [3.8, 4) is 0 Å². The standard InChI is InChI=1S/C14H26N4O2/c1-6-7-18-13(2,3)8-10(9-14(18,4)5)16-17-12(20)11(15)19/h6,10,16H,1,7-9H2,2-5H3,(H2,15,19)(H,17,20). The Labute approximate surface area is 120 Å². The van der Waals surface area contributed by atoms with E-state index in [4.69, 9.17) is 5.73 Å². The molecule has 6 heteroatoms. The summed E-state index contributed by atoms with van der Waals surface area (Å²) >= 11 is 0. The Hall–Kier alpha value is -1.40. The van der Waals surface area contributed by atoms with Crippen LogP contribution in [0.1, 0.15) is 40.5 Å². The molecule has 0 radical (unpaired) electrons. The van der Waals surface area contributed by atoms with Crippen LogP contribution in [0.15, 0.2) is 12.7 Å². The SMILES string of the molecule is C=CCN1C(C)(C)CC(NNC(=O)C(N)=O)CC1(C)C. The fourth-order valence-electron chi connectivity index (χ4n) is 3.27. The molecule has 4 N–H and O–H groups in total. The number of likely N-dealkylation sites (tertiary alicyclic amines) is 1. The molecular weight excluding hydrogens is 256 g/mol. The number of hydrogen-bond acceptors (Lipinski definition) is 4. The van der Waals surface area contributed by atoms with E-state index in [9.17, 15) is 9.59 Å². The average Bonchev–Trinajstić information content (AvgIpc) is 2.29. The van der Waals surface area contributed by atoms with Crippen molar-refractivity contribution in [2.24, 2.45) is 5.73 Å². The number of nitrogens with zero attached hydrogens (tertiary/aromatic N) is 1. The van der Waals surface area contributed by atoms with E-state index in [1.807, 2.05) is 6.08 Å². The van der Waals surface area contributed by atoms with Gasteiger partial charge in [0.15, 0.2) is 0 Å². The maximum absolute atomic E-state index is 11.2. The molecule has 2 amide bonds. The zero-order valence-corrected chi connectivity index (χ0v) is 12.8. The van der Waals surface area contributed by atoms with Crippen molar-refractivity contribution < 1.29 is 9.59 Å². The van der Waals surface area contributed by atoms with Crippen molar-refractivity contribution >= 4 is 11.8 Å². The molecule has 0 aliphatic carbocycles. The van der Waals surface area contributed by atoms with E-state index in [1.165, 1.54) is 0 Å². The summed E-state index contributed by atoms with van der Waals surface area (Å²) in [5.41, 5.74) is 10.1. The quantitative estimate of drug-likeness (QED) is 0.393. The second kappa shape index (κ2) is 5.93. The van der Waals surface area contributed by atoms with Gasteiger partial charge in [-0.3, -0.25) is 19.9 Å². The third-order valence-electron chi connectivity index (χ3n) is 3.88. The summed E-state index contributed by atoms with van der Waals surface area (Å²) < 4.78 is 0. The lowest BCUT2D eigenvalue weighted by Gasteiger charge is -2.55. The number of hydrazine groups is 1. The third kappa shape index (κ3) is 3.80. The van der Waals surface area contributed by atoms with Crippen LogP contribution in [0.4, 0.5) is 0 Å². The predicted molar refractivity (Wildman–Crippen MR) is 78.6 cm³/mol. The minimum Gasteiger partial charge on any atom is -0.361 e. The molecule has 1 heterocycles. The number of nitrogens with one attached hydrogen (secondary N) is 2. The molecule has 0 aromatic carbocycles. The first-order chi connectivity index (χ1) is 9.10. The highest BCUT2D eigenvalue weighted by atomic mass is 16.2. The summed E-state index contributed by atoms with van der Waals surface area (Å²) in [6.07, 6.45) is 3.61. The van der Waals surface area contributed by atoms with Crippen LogP contribution >= 0.6 is 0 Å². The molecular formula is C14H26N4O2. The van der Waals surface area contributed by atoms with Crippen molar-refractivity contribution in [1.29, 1.82) is 0 Å². The second-order valence-corrected chi connectivity index (χ2v) is 6.59. The van der Waals surface area contributed by atoms with Crippen LogP contribution in [-0.2, 0) is 9.59 Å². The first-order valence-electron chi connectivity index (χ1n) is 6.84. The summed E-state index contributed by atoms with van der Waals surface area (Å²) in [5.74, 6) is -1.80. The monoisotopic (exact) mass is 282 g/mol. The van der Waals surface area contributed by atoms with E-state index in [2.05, 4.69) is 50.0 Å². The van der Waals surface area contributed by atoms with Gasteiger partial charge >= 0.3 is 11.8 Å².